The van der Waals surface area contributed by atoms with E-state index in [-0.39, 0.29) is 25.7 Å². The van der Waals surface area contributed by atoms with Crippen LogP contribution in [0.1, 0.15) is 343 Å². The van der Waals surface area contributed by atoms with Crippen LogP contribution in [-0.2, 0) is 65.4 Å². The minimum atomic E-state index is -4.95. The fraction of sp³-hybridized carbons (Fsp3) is 0.941. The quantitative estimate of drug-likeness (QED) is 0.0222. The molecule has 0 radical (unpaired) electrons. The van der Waals surface area contributed by atoms with Gasteiger partial charge < -0.3 is 33.8 Å². The van der Waals surface area contributed by atoms with Crippen molar-refractivity contribution in [3.8, 4) is 0 Å². The summed E-state index contributed by atoms with van der Waals surface area (Å²) in [6.07, 6.45) is 45.2. The molecule has 5 atom stereocenters. The first kappa shape index (κ1) is 85.1. The summed E-state index contributed by atoms with van der Waals surface area (Å²) in [5.74, 6) is -0.716. The first-order valence-electron chi connectivity index (χ1n) is 35.5. The van der Waals surface area contributed by atoms with Crippen LogP contribution in [0.15, 0.2) is 0 Å². The summed E-state index contributed by atoms with van der Waals surface area (Å²) in [5.41, 5.74) is 0. The van der Waals surface area contributed by atoms with Crippen LogP contribution in [0.3, 0.4) is 0 Å². The van der Waals surface area contributed by atoms with Gasteiger partial charge in [-0.05, 0) is 37.5 Å². The number of rotatable bonds is 67. The number of esters is 4. The third-order valence-electron chi connectivity index (χ3n) is 15.7. The van der Waals surface area contributed by atoms with Crippen LogP contribution in [0.2, 0.25) is 0 Å². The summed E-state index contributed by atoms with van der Waals surface area (Å²) in [5, 5.41) is 10.5. The van der Waals surface area contributed by atoms with Gasteiger partial charge in [-0.1, -0.05) is 292 Å². The molecule has 0 aromatic rings. The van der Waals surface area contributed by atoms with Crippen LogP contribution in [0, 0.1) is 11.8 Å². The zero-order chi connectivity index (χ0) is 64.3. The number of phosphoric acid groups is 2. The van der Waals surface area contributed by atoms with Crippen LogP contribution in [-0.4, -0.2) is 96.7 Å². The Labute approximate surface area is 530 Å². The number of ether oxygens (including phenoxy) is 4. The molecule has 0 aromatic heterocycles. The molecule has 0 heterocycles. The predicted octanol–water partition coefficient (Wildman–Crippen LogP) is 19.2. The van der Waals surface area contributed by atoms with Crippen LogP contribution in [0.4, 0.5) is 0 Å². The molecule has 0 aliphatic rings. The Morgan fingerprint density at radius 3 is 0.782 bits per heavy atom. The van der Waals surface area contributed by atoms with Gasteiger partial charge in [0.15, 0.2) is 12.2 Å². The molecule has 0 aliphatic carbocycles. The number of carbonyl (C=O) groups excluding carboxylic acids is 4. The van der Waals surface area contributed by atoms with Crippen molar-refractivity contribution in [2.75, 3.05) is 39.6 Å². The minimum absolute atomic E-state index is 0.101. The zero-order valence-corrected chi connectivity index (χ0v) is 58.1. The fourth-order valence-electron chi connectivity index (χ4n) is 10.2. The van der Waals surface area contributed by atoms with E-state index in [2.05, 4.69) is 41.5 Å². The van der Waals surface area contributed by atoms with Gasteiger partial charge in [0.2, 0.25) is 0 Å². The Bertz CT molecular complexity index is 1700. The summed E-state index contributed by atoms with van der Waals surface area (Å²) in [6.45, 7) is 9.34. The Kier molecular flexibility index (Phi) is 59.0. The second kappa shape index (κ2) is 60.3. The second-order valence-electron chi connectivity index (χ2n) is 25.5. The summed E-state index contributed by atoms with van der Waals surface area (Å²) in [6, 6.07) is 0. The molecule has 516 valence electrons. The number of hydrogen-bond acceptors (Lipinski definition) is 15. The largest absolute Gasteiger partial charge is 0.472 e. The Hall–Kier alpha value is -1.94. The first-order valence-corrected chi connectivity index (χ1v) is 38.5. The Morgan fingerprint density at radius 2 is 0.529 bits per heavy atom. The third kappa shape index (κ3) is 62.6. The molecule has 2 unspecified atom stereocenters. The third-order valence-corrected chi connectivity index (χ3v) is 17.6. The van der Waals surface area contributed by atoms with Crippen LogP contribution < -0.4 is 0 Å². The van der Waals surface area contributed by atoms with E-state index in [0.717, 1.165) is 102 Å². The molecule has 17 nitrogen and oxygen atoms in total. The summed E-state index contributed by atoms with van der Waals surface area (Å²) < 4.78 is 67.9. The van der Waals surface area contributed by atoms with E-state index < -0.39 is 97.5 Å². The van der Waals surface area contributed by atoms with E-state index >= 15 is 0 Å². The van der Waals surface area contributed by atoms with Gasteiger partial charge in [0, 0.05) is 25.7 Å². The smallest absolute Gasteiger partial charge is 0.462 e. The van der Waals surface area contributed by atoms with E-state index in [1.54, 1.807) is 0 Å². The van der Waals surface area contributed by atoms with Gasteiger partial charge in [-0.25, -0.2) is 9.13 Å². The van der Waals surface area contributed by atoms with E-state index in [0.29, 0.717) is 31.6 Å². The highest BCUT2D eigenvalue weighted by Crippen LogP contribution is 2.45. The van der Waals surface area contributed by atoms with E-state index in [4.69, 9.17) is 37.0 Å². The van der Waals surface area contributed by atoms with Crippen molar-refractivity contribution in [2.24, 2.45) is 11.8 Å². The van der Waals surface area contributed by atoms with Gasteiger partial charge in [-0.3, -0.25) is 37.3 Å². The SMILES string of the molecule is CCCCCCCCCCCCCCCCCCCCCCC(=O)O[C@H](COC(=O)CCCCCCCCCCCCC(C)C)COP(=O)(O)OC[C@@H](O)COP(=O)(O)OC[C@@H](COC(=O)CCCCCCC)OC(=O)CCCCCCCCC(C)C. The molecule has 0 fully saturated rings. The number of unbranched alkanes of at least 4 members (excludes halogenated alkanes) is 37. The average molecular weight is 1280 g/mol. The Balaban J connectivity index is 5.12. The predicted molar refractivity (Wildman–Crippen MR) is 349 cm³/mol. The minimum Gasteiger partial charge on any atom is -0.462 e. The van der Waals surface area contributed by atoms with Crippen molar-refractivity contribution < 1.29 is 80.2 Å². The van der Waals surface area contributed by atoms with Crippen LogP contribution in [0.25, 0.3) is 0 Å². The van der Waals surface area contributed by atoms with Crippen molar-refractivity contribution in [3.63, 3.8) is 0 Å². The topological polar surface area (TPSA) is 237 Å². The maximum Gasteiger partial charge on any atom is 0.472 e. The summed E-state index contributed by atoms with van der Waals surface area (Å²) in [7, 11) is -9.88. The maximum absolute atomic E-state index is 13.0. The lowest BCUT2D eigenvalue weighted by molar-refractivity contribution is -0.161. The molecule has 0 amide bonds. The van der Waals surface area contributed by atoms with Gasteiger partial charge in [0.25, 0.3) is 0 Å². The van der Waals surface area contributed by atoms with Crippen molar-refractivity contribution in [1.82, 2.24) is 0 Å². The van der Waals surface area contributed by atoms with Gasteiger partial charge >= 0.3 is 39.5 Å². The number of aliphatic hydroxyl groups excluding tert-OH is 1. The average Bonchev–Trinajstić information content (AvgIpc) is 3.67. The van der Waals surface area contributed by atoms with Crippen molar-refractivity contribution in [2.45, 2.75) is 362 Å². The lowest BCUT2D eigenvalue weighted by Crippen LogP contribution is -2.30. The molecule has 0 aromatic carbocycles. The number of hydrogen-bond donors (Lipinski definition) is 3. The molecule has 0 spiro atoms. The number of carbonyl (C=O) groups is 4. The molecule has 0 saturated carbocycles. The van der Waals surface area contributed by atoms with Crippen molar-refractivity contribution >= 4 is 39.5 Å². The highest BCUT2D eigenvalue weighted by molar-refractivity contribution is 7.47. The molecule has 0 bridgehead atoms. The van der Waals surface area contributed by atoms with E-state index in [1.165, 1.54) is 154 Å². The lowest BCUT2D eigenvalue weighted by atomic mass is 10.0. The van der Waals surface area contributed by atoms with Gasteiger partial charge in [-0.2, -0.15) is 0 Å². The van der Waals surface area contributed by atoms with Crippen molar-refractivity contribution in [3.05, 3.63) is 0 Å². The maximum atomic E-state index is 13.0. The second-order valence-corrected chi connectivity index (χ2v) is 28.4. The summed E-state index contributed by atoms with van der Waals surface area (Å²) in [4.78, 5) is 72.1. The van der Waals surface area contributed by atoms with E-state index in [1.807, 2.05) is 0 Å². The molecule has 0 rings (SSSR count). The van der Waals surface area contributed by atoms with E-state index in [9.17, 15) is 43.2 Å². The zero-order valence-electron chi connectivity index (χ0n) is 56.3. The normalized spacial score (nSPS) is 14.2. The van der Waals surface area contributed by atoms with Gasteiger partial charge in [0.1, 0.15) is 19.3 Å². The Morgan fingerprint density at radius 1 is 0.310 bits per heavy atom. The number of phosphoric ester groups is 2. The molecule has 3 N–H and O–H groups in total. The highest BCUT2D eigenvalue weighted by Gasteiger charge is 2.30. The van der Waals surface area contributed by atoms with Crippen LogP contribution >= 0.6 is 15.6 Å². The molecule has 0 aliphatic heterocycles. The standard InChI is InChI=1S/C68H132O17P2/c1-7-9-11-13-14-15-16-17-18-19-20-21-22-23-24-25-30-33-40-46-52-67(72)84-64(57-79-66(71)51-45-39-32-29-27-26-28-31-37-42-48-60(3)4)59-83-87(76,77)81-55-62(69)54-80-86(74,75)82-58-63(56-78-65(70)50-44-36-12-10-8-2)85-68(73)53-47-41-35-34-38-43-49-61(5)6/h60-64,69H,7-59H2,1-6H3,(H,74,75)(H,76,77)/t62-,63+,64+/m0/s1. The molecule has 19 heteroatoms. The van der Waals surface area contributed by atoms with Crippen LogP contribution in [0.5, 0.6) is 0 Å². The molecular weight excluding hydrogens is 1150 g/mol. The molecule has 87 heavy (non-hydrogen) atoms. The fourth-order valence-corrected chi connectivity index (χ4v) is 11.8. The lowest BCUT2D eigenvalue weighted by Gasteiger charge is -2.21. The highest BCUT2D eigenvalue weighted by atomic mass is 31.2. The monoisotopic (exact) mass is 1280 g/mol. The first-order chi connectivity index (χ1) is 41.9. The van der Waals surface area contributed by atoms with Gasteiger partial charge in [-0.15, -0.1) is 0 Å². The van der Waals surface area contributed by atoms with Gasteiger partial charge in [0.05, 0.1) is 26.4 Å². The molecule has 0 saturated heterocycles. The molecular formula is C68H132O17P2. The number of aliphatic hydroxyl groups is 1. The summed E-state index contributed by atoms with van der Waals surface area (Å²) >= 11 is 0. The van der Waals surface area contributed by atoms with Crippen molar-refractivity contribution in [1.29, 1.82) is 0 Å².